The number of methoxy groups -OCH3 is 1. The molecule has 0 N–H and O–H groups in total. The third kappa shape index (κ3) is 4.44. The van der Waals surface area contributed by atoms with Crippen LogP contribution in [0.1, 0.15) is 40.9 Å². The summed E-state index contributed by atoms with van der Waals surface area (Å²) in [5.41, 5.74) is 5.42. The van der Waals surface area contributed by atoms with E-state index in [1.54, 1.807) is 7.11 Å². The largest absolute Gasteiger partial charge is 0.497 e. The summed E-state index contributed by atoms with van der Waals surface area (Å²) in [7, 11) is 1.68. The lowest BCUT2D eigenvalue weighted by Gasteiger charge is -2.38. The zero-order valence-electron chi connectivity index (χ0n) is 19.8. The summed E-state index contributed by atoms with van der Waals surface area (Å²) in [6.45, 7) is 0.534. The fraction of sp³-hybridized carbons (Fsp3) is 0.167. The first-order chi connectivity index (χ1) is 17.7. The molecule has 2 aliphatic rings. The van der Waals surface area contributed by atoms with E-state index in [1.807, 2.05) is 54.6 Å². The minimum absolute atomic E-state index is 0.0855. The quantitative estimate of drug-likeness (QED) is 0.257. The molecule has 2 atom stereocenters. The lowest BCUT2D eigenvalue weighted by molar-refractivity contribution is -0.0191. The van der Waals surface area contributed by atoms with Crippen LogP contribution in [0.15, 0.2) is 107 Å². The predicted octanol–water partition coefficient (Wildman–Crippen LogP) is 7.28. The normalized spacial score (nSPS) is 18.1. The maximum Gasteiger partial charge on any atom is 0.213 e. The Bertz CT molecular complexity index is 1390. The number of nitrogens with zero attached hydrogens (tertiary/aromatic N) is 2. The molecule has 36 heavy (non-hydrogen) atoms. The maximum absolute atomic E-state index is 6.51. The fourth-order valence-corrected chi connectivity index (χ4v) is 5.08. The zero-order chi connectivity index (χ0) is 24.5. The molecule has 2 aliphatic heterocycles. The molecule has 2 heterocycles. The molecule has 0 aromatic heterocycles. The Morgan fingerprint density at radius 3 is 2.42 bits per heavy atom. The van der Waals surface area contributed by atoms with Gasteiger partial charge in [-0.05, 0) is 77.9 Å². The average molecular weight is 541 g/mol. The van der Waals surface area contributed by atoms with Crippen molar-refractivity contribution in [2.45, 2.75) is 25.3 Å². The van der Waals surface area contributed by atoms with E-state index >= 15 is 0 Å². The molecule has 4 aromatic carbocycles. The van der Waals surface area contributed by atoms with E-state index in [1.165, 1.54) is 0 Å². The molecular formula is C30H25BrN2O3. The van der Waals surface area contributed by atoms with Gasteiger partial charge in [-0.1, -0.05) is 46.3 Å². The van der Waals surface area contributed by atoms with Crippen LogP contribution >= 0.6 is 15.9 Å². The Kier molecular flexibility index (Phi) is 6.11. The predicted molar refractivity (Wildman–Crippen MR) is 143 cm³/mol. The van der Waals surface area contributed by atoms with Crippen molar-refractivity contribution in [2.75, 3.05) is 7.11 Å². The van der Waals surface area contributed by atoms with E-state index in [2.05, 4.69) is 63.4 Å². The first-order valence-electron chi connectivity index (χ1n) is 11.9. The SMILES string of the molecule is COc1ccc(C2=NN3[C@@H](C2)c2cc(Br)ccc2O[C@H]3c2ccc(OCc3ccccc3)cc2)cc1. The summed E-state index contributed by atoms with van der Waals surface area (Å²) in [6, 6.07) is 32.6. The number of benzene rings is 4. The molecule has 180 valence electrons. The van der Waals surface area contributed by atoms with Crippen molar-refractivity contribution in [3.8, 4) is 17.2 Å². The van der Waals surface area contributed by atoms with Crippen LogP contribution in [0.5, 0.6) is 17.2 Å². The Morgan fingerprint density at radius 1 is 0.917 bits per heavy atom. The molecule has 0 amide bonds. The summed E-state index contributed by atoms with van der Waals surface area (Å²) >= 11 is 3.62. The van der Waals surface area contributed by atoms with Gasteiger partial charge in [0.1, 0.15) is 23.9 Å². The van der Waals surface area contributed by atoms with Gasteiger partial charge in [0.25, 0.3) is 0 Å². The highest BCUT2D eigenvalue weighted by Gasteiger charge is 2.41. The fourth-order valence-electron chi connectivity index (χ4n) is 4.71. The molecule has 0 aliphatic carbocycles. The Balaban J connectivity index is 1.29. The van der Waals surface area contributed by atoms with Crippen LogP contribution in [0.2, 0.25) is 0 Å². The molecule has 0 spiro atoms. The lowest BCUT2D eigenvalue weighted by Crippen LogP contribution is -2.33. The number of hydrogen-bond acceptors (Lipinski definition) is 5. The minimum Gasteiger partial charge on any atom is -0.497 e. The molecule has 5 nitrogen and oxygen atoms in total. The molecule has 0 radical (unpaired) electrons. The van der Waals surface area contributed by atoms with Crippen molar-refractivity contribution in [3.63, 3.8) is 0 Å². The van der Waals surface area contributed by atoms with Gasteiger partial charge in [-0.3, -0.25) is 0 Å². The monoisotopic (exact) mass is 540 g/mol. The van der Waals surface area contributed by atoms with Crippen LogP contribution in [-0.4, -0.2) is 17.8 Å². The van der Waals surface area contributed by atoms with E-state index in [4.69, 9.17) is 19.3 Å². The van der Waals surface area contributed by atoms with Crippen molar-refractivity contribution in [1.29, 1.82) is 0 Å². The number of fused-ring (bicyclic) bond motifs is 3. The number of rotatable bonds is 6. The van der Waals surface area contributed by atoms with Gasteiger partial charge < -0.3 is 14.2 Å². The first-order valence-corrected chi connectivity index (χ1v) is 12.7. The number of halogens is 1. The molecule has 6 heteroatoms. The van der Waals surface area contributed by atoms with E-state index < -0.39 is 0 Å². The van der Waals surface area contributed by atoms with Gasteiger partial charge in [-0.15, -0.1) is 0 Å². The maximum atomic E-state index is 6.51. The first kappa shape index (κ1) is 22.7. The van der Waals surface area contributed by atoms with Crippen molar-refractivity contribution in [3.05, 3.63) is 124 Å². The second kappa shape index (κ2) is 9.70. The van der Waals surface area contributed by atoms with Crippen LogP contribution < -0.4 is 14.2 Å². The molecule has 0 fully saturated rings. The number of ether oxygens (including phenoxy) is 3. The smallest absolute Gasteiger partial charge is 0.213 e. The highest BCUT2D eigenvalue weighted by molar-refractivity contribution is 9.10. The van der Waals surface area contributed by atoms with Crippen molar-refractivity contribution in [2.24, 2.45) is 5.10 Å². The highest BCUT2D eigenvalue weighted by atomic mass is 79.9. The minimum atomic E-state index is -0.331. The van der Waals surface area contributed by atoms with Crippen LogP contribution in [0, 0.1) is 0 Å². The van der Waals surface area contributed by atoms with Gasteiger partial charge in [0.2, 0.25) is 6.23 Å². The Hall–Kier alpha value is -3.77. The highest BCUT2D eigenvalue weighted by Crippen LogP contribution is 2.48. The average Bonchev–Trinajstić information content (AvgIpc) is 3.38. The second-order valence-corrected chi connectivity index (χ2v) is 9.79. The molecule has 0 saturated heterocycles. The zero-order valence-corrected chi connectivity index (χ0v) is 21.4. The van der Waals surface area contributed by atoms with Crippen molar-refractivity contribution in [1.82, 2.24) is 5.01 Å². The third-order valence-electron chi connectivity index (χ3n) is 6.59. The van der Waals surface area contributed by atoms with Gasteiger partial charge in [-0.25, -0.2) is 5.01 Å². The van der Waals surface area contributed by atoms with Crippen molar-refractivity contribution < 1.29 is 14.2 Å². The molecule has 6 rings (SSSR count). The Labute approximate surface area is 219 Å². The molecule has 0 bridgehead atoms. The van der Waals surface area contributed by atoms with Crippen LogP contribution in [-0.2, 0) is 6.61 Å². The standard InChI is InChI=1S/C30H25BrN2O3/c1-34-24-12-7-21(8-13-24)27-18-28-26-17-23(31)11-16-29(26)36-30(33(28)32-27)22-9-14-25(15-10-22)35-19-20-5-3-2-4-6-20/h2-17,28,30H,18-19H2,1H3/t28-,30-/m0/s1. The molecule has 0 saturated carbocycles. The van der Waals surface area contributed by atoms with Crippen LogP contribution in [0.3, 0.4) is 0 Å². The summed E-state index contributed by atoms with van der Waals surface area (Å²) < 4.78 is 18.9. The third-order valence-corrected chi connectivity index (χ3v) is 7.08. The summed E-state index contributed by atoms with van der Waals surface area (Å²) in [6.07, 6.45) is 0.469. The van der Waals surface area contributed by atoms with Gasteiger partial charge in [0.15, 0.2) is 0 Å². The van der Waals surface area contributed by atoms with Crippen LogP contribution in [0.4, 0.5) is 0 Å². The molecule has 4 aromatic rings. The van der Waals surface area contributed by atoms with Gasteiger partial charge in [-0.2, -0.15) is 5.10 Å². The van der Waals surface area contributed by atoms with Crippen LogP contribution in [0.25, 0.3) is 0 Å². The number of hydrogen-bond donors (Lipinski definition) is 0. The Morgan fingerprint density at radius 2 is 1.67 bits per heavy atom. The summed E-state index contributed by atoms with van der Waals surface area (Å²) in [4.78, 5) is 0. The topological polar surface area (TPSA) is 43.3 Å². The van der Waals surface area contributed by atoms with Gasteiger partial charge >= 0.3 is 0 Å². The van der Waals surface area contributed by atoms with E-state index in [9.17, 15) is 0 Å². The summed E-state index contributed by atoms with van der Waals surface area (Å²) in [5, 5.41) is 7.15. The van der Waals surface area contributed by atoms with E-state index in [0.717, 1.165) is 56.1 Å². The lowest BCUT2D eigenvalue weighted by atomic mass is 9.96. The second-order valence-electron chi connectivity index (χ2n) is 8.87. The molecular weight excluding hydrogens is 516 g/mol. The van der Waals surface area contributed by atoms with E-state index in [0.29, 0.717) is 6.61 Å². The van der Waals surface area contributed by atoms with Gasteiger partial charge in [0, 0.05) is 22.0 Å². The number of hydrazone groups is 1. The molecule has 0 unspecified atom stereocenters. The van der Waals surface area contributed by atoms with Gasteiger partial charge in [0.05, 0.1) is 18.9 Å². The van der Waals surface area contributed by atoms with Crippen molar-refractivity contribution >= 4 is 21.6 Å². The van der Waals surface area contributed by atoms with E-state index in [-0.39, 0.29) is 12.3 Å². The summed E-state index contributed by atoms with van der Waals surface area (Å²) in [5.74, 6) is 2.54.